The molecule has 0 radical (unpaired) electrons. The minimum Gasteiger partial charge on any atom is -0.339 e. The van der Waals surface area contributed by atoms with Crippen LogP contribution in [-0.4, -0.2) is 34.4 Å². The molecule has 3 nitrogen and oxygen atoms in total. The predicted octanol–water partition coefficient (Wildman–Crippen LogP) is 3.14. The van der Waals surface area contributed by atoms with Gasteiger partial charge in [0.05, 0.1) is 0 Å². The number of hydrogen-bond acceptors (Lipinski definition) is 3. The molecular weight excluding hydrogens is 292 g/mol. The molecule has 0 bridgehead atoms. The van der Waals surface area contributed by atoms with Crippen LogP contribution in [0.5, 0.6) is 0 Å². The molecule has 1 aliphatic carbocycles. The van der Waals surface area contributed by atoms with Gasteiger partial charge in [0, 0.05) is 23.6 Å². The number of carbonyl (C=O) groups is 1. The smallest absolute Gasteiger partial charge is 0.247 e. The van der Waals surface area contributed by atoms with Crippen LogP contribution in [0.3, 0.4) is 0 Å². The van der Waals surface area contributed by atoms with E-state index in [0.717, 1.165) is 24.4 Å². The van der Waals surface area contributed by atoms with Gasteiger partial charge in [-0.05, 0) is 25.3 Å². The largest absolute Gasteiger partial charge is 0.339 e. The van der Waals surface area contributed by atoms with Crippen LogP contribution < -0.4 is 5.73 Å². The Morgan fingerprint density at radius 3 is 2.59 bits per heavy atom. The van der Waals surface area contributed by atoms with Crippen molar-refractivity contribution in [2.75, 3.05) is 18.8 Å². The lowest BCUT2D eigenvalue weighted by Crippen LogP contribution is -2.57. The first-order chi connectivity index (χ1) is 10.5. The van der Waals surface area contributed by atoms with Gasteiger partial charge in [0.15, 0.2) is 0 Å². The van der Waals surface area contributed by atoms with Gasteiger partial charge in [-0.25, -0.2) is 0 Å². The van der Waals surface area contributed by atoms with Crippen molar-refractivity contribution in [2.45, 2.75) is 49.3 Å². The van der Waals surface area contributed by atoms with Crippen molar-refractivity contribution in [1.29, 1.82) is 0 Å². The summed E-state index contributed by atoms with van der Waals surface area (Å²) >= 11 is 2.08. The van der Waals surface area contributed by atoms with E-state index in [1.54, 1.807) is 0 Å². The average molecular weight is 318 g/mol. The van der Waals surface area contributed by atoms with Gasteiger partial charge < -0.3 is 10.6 Å². The Kier molecular flexibility index (Phi) is 4.51. The second-order valence-corrected chi connectivity index (χ2v) is 8.45. The van der Waals surface area contributed by atoms with Crippen molar-refractivity contribution in [2.24, 2.45) is 5.73 Å². The summed E-state index contributed by atoms with van der Waals surface area (Å²) in [6.45, 7) is 3.54. The Bertz CT molecular complexity index is 518. The van der Waals surface area contributed by atoms with Gasteiger partial charge in [-0.1, -0.05) is 49.6 Å². The molecule has 1 saturated carbocycles. The van der Waals surface area contributed by atoms with Crippen molar-refractivity contribution >= 4 is 17.7 Å². The summed E-state index contributed by atoms with van der Waals surface area (Å²) < 4.78 is 0.291. The highest BCUT2D eigenvalue weighted by molar-refractivity contribution is 8.00. The fourth-order valence-electron chi connectivity index (χ4n) is 3.75. The first kappa shape index (κ1) is 15.9. The molecule has 22 heavy (non-hydrogen) atoms. The van der Waals surface area contributed by atoms with E-state index < -0.39 is 5.54 Å². The van der Waals surface area contributed by atoms with E-state index >= 15 is 0 Å². The molecular formula is C18H26N2OS. The summed E-state index contributed by atoms with van der Waals surface area (Å²) in [5.41, 5.74) is 6.40. The number of benzene rings is 1. The molecule has 120 valence electrons. The van der Waals surface area contributed by atoms with Crippen molar-refractivity contribution in [3.05, 3.63) is 35.9 Å². The maximum Gasteiger partial charge on any atom is 0.247 e. The average Bonchev–Trinajstić information content (AvgIpc) is 2.55. The zero-order chi connectivity index (χ0) is 15.6. The SMILES string of the molecule is CC(N)(C(=O)N1CCSC2(CCCCC2)C1)c1ccccc1. The number of amides is 1. The van der Waals surface area contributed by atoms with Crippen molar-refractivity contribution < 1.29 is 4.79 Å². The van der Waals surface area contributed by atoms with Gasteiger partial charge in [-0.2, -0.15) is 11.8 Å². The predicted molar refractivity (Wildman–Crippen MR) is 92.8 cm³/mol. The first-order valence-corrected chi connectivity index (χ1v) is 9.30. The lowest BCUT2D eigenvalue weighted by molar-refractivity contribution is -0.137. The lowest BCUT2D eigenvalue weighted by Gasteiger charge is -2.46. The summed E-state index contributed by atoms with van der Waals surface area (Å²) in [6.07, 6.45) is 6.43. The molecule has 1 aromatic carbocycles. The Hall–Kier alpha value is -1.00. The van der Waals surface area contributed by atoms with Gasteiger partial charge in [-0.3, -0.25) is 4.79 Å². The number of hydrogen-bond donors (Lipinski definition) is 1. The van der Waals surface area contributed by atoms with Crippen LogP contribution in [0.25, 0.3) is 0 Å². The fourth-order valence-corrected chi connectivity index (χ4v) is 5.32. The fraction of sp³-hybridized carbons (Fsp3) is 0.611. The van der Waals surface area contributed by atoms with E-state index in [0.29, 0.717) is 4.75 Å². The summed E-state index contributed by atoms with van der Waals surface area (Å²) in [6, 6.07) is 9.75. The van der Waals surface area contributed by atoms with Gasteiger partial charge in [0.25, 0.3) is 0 Å². The zero-order valence-electron chi connectivity index (χ0n) is 13.4. The number of nitrogens with two attached hydrogens (primary N) is 1. The molecule has 3 rings (SSSR count). The third kappa shape index (κ3) is 3.04. The summed E-state index contributed by atoms with van der Waals surface area (Å²) in [5, 5.41) is 0. The molecule has 1 aliphatic heterocycles. The lowest BCUT2D eigenvalue weighted by atomic mass is 9.86. The standard InChI is InChI=1S/C18H26N2OS/c1-17(19,15-8-4-2-5-9-15)16(21)20-12-13-22-18(14-20)10-6-3-7-11-18/h2,4-5,8-9H,3,6-7,10-14,19H2,1H3. The van der Waals surface area contributed by atoms with Crippen molar-refractivity contribution in [1.82, 2.24) is 4.90 Å². The summed E-state index contributed by atoms with van der Waals surface area (Å²) in [4.78, 5) is 15.1. The highest BCUT2D eigenvalue weighted by atomic mass is 32.2. The summed E-state index contributed by atoms with van der Waals surface area (Å²) in [5.74, 6) is 1.11. The van der Waals surface area contributed by atoms with E-state index in [-0.39, 0.29) is 5.91 Å². The Morgan fingerprint density at radius 1 is 1.23 bits per heavy atom. The van der Waals surface area contributed by atoms with Crippen LogP contribution in [-0.2, 0) is 10.3 Å². The minimum absolute atomic E-state index is 0.0731. The van der Waals surface area contributed by atoms with Gasteiger partial charge in [-0.15, -0.1) is 0 Å². The van der Waals surface area contributed by atoms with Crippen LogP contribution in [0, 0.1) is 0 Å². The summed E-state index contributed by atoms with van der Waals surface area (Å²) in [7, 11) is 0. The van der Waals surface area contributed by atoms with Gasteiger partial charge in [0.1, 0.15) is 5.54 Å². The van der Waals surface area contributed by atoms with E-state index in [1.807, 2.05) is 42.2 Å². The van der Waals surface area contributed by atoms with Crippen molar-refractivity contribution in [3.63, 3.8) is 0 Å². The van der Waals surface area contributed by atoms with Gasteiger partial charge >= 0.3 is 0 Å². The normalized spacial score (nSPS) is 24.0. The van der Waals surface area contributed by atoms with Crippen LogP contribution in [0.1, 0.15) is 44.6 Å². The second kappa shape index (κ2) is 6.25. The quantitative estimate of drug-likeness (QED) is 0.911. The molecule has 0 aromatic heterocycles. The zero-order valence-corrected chi connectivity index (χ0v) is 14.2. The van der Waals surface area contributed by atoms with Crippen molar-refractivity contribution in [3.8, 4) is 0 Å². The molecule has 1 heterocycles. The molecule has 1 amide bonds. The van der Waals surface area contributed by atoms with Gasteiger partial charge in [0.2, 0.25) is 5.91 Å². The van der Waals surface area contributed by atoms with Crippen LogP contribution in [0.4, 0.5) is 0 Å². The molecule has 1 unspecified atom stereocenters. The van der Waals surface area contributed by atoms with E-state index in [2.05, 4.69) is 11.8 Å². The molecule has 4 heteroatoms. The van der Waals surface area contributed by atoms with E-state index in [4.69, 9.17) is 5.73 Å². The molecule has 2 fully saturated rings. The Labute approximate surface area is 137 Å². The number of rotatable bonds is 2. The van der Waals surface area contributed by atoms with E-state index in [1.165, 1.54) is 32.1 Å². The molecule has 1 atom stereocenters. The van der Waals surface area contributed by atoms with Crippen LogP contribution >= 0.6 is 11.8 Å². The molecule has 1 aromatic rings. The Balaban J connectivity index is 1.76. The second-order valence-electron chi connectivity index (χ2n) is 6.89. The highest BCUT2D eigenvalue weighted by Crippen LogP contribution is 2.43. The maximum absolute atomic E-state index is 13.0. The minimum atomic E-state index is -0.931. The maximum atomic E-state index is 13.0. The number of carbonyl (C=O) groups excluding carboxylic acids is 1. The Morgan fingerprint density at radius 2 is 1.91 bits per heavy atom. The number of thioether (sulfide) groups is 1. The molecule has 1 saturated heterocycles. The molecule has 2 aliphatic rings. The van der Waals surface area contributed by atoms with Crippen LogP contribution in [0.2, 0.25) is 0 Å². The topological polar surface area (TPSA) is 46.3 Å². The third-order valence-corrected chi connectivity index (χ3v) is 6.65. The van der Waals surface area contributed by atoms with E-state index in [9.17, 15) is 4.79 Å². The third-order valence-electron chi connectivity index (χ3n) is 5.12. The highest BCUT2D eigenvalue weighted by Gasteiger charge is 2.42. The first-order valence-electron chi connectivity index (χ1n) is 8.31. The van der Waals surface area contributed by atoms with Crippen LogP contribution in [0.15, 0.2) is 30.3 Å². The number of nitrogens with zero attached hydrogens (tertiary/aromatic N) is 1. The molecule has 2 N–H and O–H groups in total. The monoisotopic (exact) mass is 318 g/mol. The molecule has 1 spiro atoms.